The van der Waals surface area contributed by atoms with Crippen LogP contribution in [0.1, 0.15) is 12.5 Å². The predicted octanol–water partition coefficient (Wildman–Crippen LogP) is 0.241. The molecular weight excluding hydrogens is 246 g/mol. The molecule has 0 bridgehead atoms. The number of anilines is 2. The molecule has 102 valence electrons. The van der Waals surface area contributed by atoms with Crippen molar-refractivity contribution in [2.24, 2.45) is 7.05 Å². The maximum atomic E-state index is 5.58. The summed E-state index contributed by atoms with van der Waals surface area (Å²) in [4.78, 5) is 12.0. The van der Waals surface area contributed by atoms with Gasteiger partial charge in [-0.15, -0.1) is 0 Å². The molecule has 0 aliphatic carbocycles. The fraction of sp³-hybridized carbons (Fsp3) is 0.455. The molecule has 19 heavy (non-hydrogen) atoms. The van der Waals surface area contributed by atoms with Gasteiger partial charge in [0.25, 0.3) is 0 Å². The van der Waals surface area contributed by atoms with Crippen molar-refractivity contribution in [1.82, 2.24) is 24.7 Å². The van der Waals surface area contributed by atoms with E-state index in [1.807, 2.05) is 26.4 Å². The van der Waals surface area contributed by atoms with E-state index in [1.165, 1.54) is 0 Å². The Kier molecular flexibility index (Phi) is 4.11. The monoisotopic (exact) mass is 263 g/mol. The third-order valence-electron chi connectivity index (χ3n) is 2.36. The van der Waals surface area contributed by atoms with Crippen LogP contribution in [0.15, 0.2) is 12.4 Å². The molecule has 0 saturated heterocycles. The van der Waals surface area contributed by atoms with Gasteiger partial charge in [0.05, 0.1) is 12.8 Å². The zero-order chi connectivity index (χ0) is 13.7. The van der Waals surface area contributed by atoms with Gasteiger partial charge in [-0.25, -0.2) is 0 Å². The first-order valence-electron chi connectivity index (χ1n) is 6.03. The highest BCUT2D eigenvalue weighted by Crippen LogP contribution is 2.09. The van der Waals surface area contributed by atoms with E-state index in [4.69, 9.17) is 10.5 Å². The third-order valence-corrected chi connectivity index (χ3v) is 2.36. The summed E-state index contributed by atoms with van der Waals surface area (Å²) in [5.74, 6) is 0.558. The van der Waals surface area contributed by atoms with Crippen molar-refractivity contribution in [3.8, 4) is 6.01 Å². The van der Waals surface area contributed by atoms with Crippen molar-refractivity contribution in [3.05, 3.63) is 18.0 Å². The first kappa shape index (κ1) is 13.1. The van der Waals surface area contributed by atoms with E-state index in [0.29, 0.717) is 19.1 Å². The van der Waals surface area contributed by atoms with Crippen molar-refractivity contribution < 1.29 is 4.74 Å². The molecule has 2 rings (SSSR count). The summed E-state index contributed by atoms with van der Waals surface area (Å²) in [5.41, 5.74) is 6.72. The minimum atomic E-state index is 0.141. The Hall–Kier alpha value is -2.38. The lowest BCUT2D eigenvalue weighted by Crippen LogP contribution is -2.11. The molecule has 2 aromatic rings. The highest BCUT2D eigenvalue weighted by molar-refractivity contribution is 5.32. The molecule has 2 aromatic heterocycles. The summed E-state index contributed by atoms with van der Waals surface area (Å²) >= 11 is 0. The van der Waals surface area contributed by atoms with Gasteiger partial charge in [-0.1, -0.05) is 0 Å². The van der Waals surface area contributed by atoms with Crippen LogP contribution in [0.2, 0.25) is 0 Å². The Balaban J connectivity index is 1.91. The van der Waals surface area contributed by atoms with Gasteiger partial charge >= 0.3 is 6.01 Å². The van der Waals surface area contributed by atoms with E-state index in [-0.39, 0.29) is 12.0 Å². The molecule has 0 fully saturated rings. The van der Waals surface area contributed by atoms with E-state index in [0.717, 1.165) is 12.0 Å². The first-order valence-corrected chi connectivity index (χ1v) is 6.03. The molecule has 0 atom stereocenters. The van der Waals surface area contributed by atoms with Crippen LogP contribution in [0.4, 0.5) is 11.9 Å². The van der Waals surface area contributed by atoms with Crippen LogP contribution in [0, 0.1) is 0 Å². The third kappa shape index (κ3) is 3.80. The minimum Gasteiger partial charge on any atom is -0.464 e. The van der Waals surface area contributed by atoms with Gasteiger partial charge in [0.2, 0.25) is 11.9 Å². The van der Waals surface area contributed by atoms with Gasteiger partial charge in [0.15, 0.2) is 0 Å². The maximum absolute atomic E-state index is 5.58. The molecule has 0 spiro atoms. The van der Waals surface area contributed by atoms with Crippen LogP contribution in [-0.2, 0) is 13.5 Å². The number of aromatic nitrogens is 5. The van der Waals surface area contributed by atoms with Crippen LogP contribution >= 0.6 is 0 Å². The molecule has 0 aromatic carbocycles. The molecule has 0 unspecified atom stereocenters. The normalized spacial score (nSPS) is 10.4. The van der Waals surface area contributed by atoms with Crippen molar-refractivity contribution in [2.75, 3.05) is 24.2 Å². The van der Waals surface area contributed by atoms with Crippen molar-refractivity contribution >= 4 is 11.9 Å². The molecule has 3 N–H and O–H groups in total. The van der Waals surface area contributed by atoms with Crippen molar-refractivity contribution in [3.63, 3.8) is 0 Å². The summed E-state index contributed by atoms with van der Waals surface area (Å²) < 4.78 is 6.97. The zero-order valence-corrected chi connectivity index (χ0v) is 11.0. The fourth-order valence-corrected chi connectivity index (χ4v) is 1.56. The number of hydrogen-bond donors (Lipinski definition) is 2. The second-order valence-electron chi connectivity index (χ2n) is 3.93. The Morgan fingerprint density at radius 2 is 2.21 bits per heavy atom. The number of rotatable bonds is 6. The molecule has 0 amide bonds. The molecule has 8 heteroatoms. The molecule has 2 heterocycles. The molecule has 8 nitrogen and oxygen atoms in total. The number of nitrogens with two attached hydrogens (primary N) is 1. The van der Waals surface area contributed by atoms with E-state index < -0.39 is 0 Å². The molecular formula is C11H17N7O. The standard InChI is InChI=1S/C11H17N7O/c1-3-19-11-16-9(12)15-10(17-11)13-5-4-8-6-14-18(2)7-8/h6-7H,3-5H2,1-2H3,(H3,12,13,15,16,17). The van der Waals surface area contributed by atoms with Crippen LogP contribution in [0.25, 0.3) is 0 Å². The van der Waals surface area contributed by atoms with Gasteiger partial charge in [-0.2, -0.15) is 20.1 Å². The lowest BCUT2D eigenvalue weighted by molar-refractivity contribution is 0.312. The Labute approximate surface area is 111 Å². The summed E-state index contributed by atoms with van der Waals surface area (Å²) in [6.07, 6.45) is 4.62. The average Bonchev–Trinajstić information content (AvgIpc) is 2.75. The molecule has 0 aliphatic heterocycles. The van der Waals surface area contributed by atoms with E-state index in [2.05, 4.69) is 25.4 Å². The van der Waals surface area contributed by atoms with Crippen LogP contribution in [0.5, 0.6) is 6.01 Å². The van der Waals surface area contributed by atoms with Crippen molar-refractivity contribution in [2.45, 2.75) is 13.3 Å². The number of ether oxygens (including phenoxy) is 1. The predicted molar refractivity (Wildman–Crippen MR) is 70.8 cm³/mol. The number of nitrogens with zero attached hydrogens (tertiary/aromatic N) is 5. The molecule has 0 radical (unpaired) electrons. The van der Waals surface area contributed by atoms with Crippen LogP contribution < -0.4 is 15.8 Å². The second-order valence-corrected chi connectivity index (χ2v) is 3.93. The number of hydrogen-bond acceptors (Lipinski definition) is 7. The molecule has 0 aliphatic rings. The number of nitrogens with one attached hydrogen (secondary N) is 1. The number of nitrogen functional groups attached to an aromatic ring is 1. The van der Waals surface area contributed by atoms with Gasteiger partial charge < -0.3 is 15.8 Å². The lowest BCUT2D eigenvalue weighted by atomic mass is 10.2. The Morgan fingerprint density at radius 1 is 1.37 bits per heavy atom. The highest BCUT2D eigenvalue weighted by atomic mass is 16.5. The summed E-state index contributed by atoms with van der Waals surface area (Å²) in [6, 6.07) is 0.235. The van der Waals surface area contributed by atoms with Gasteiger partial charge in [-0.05, 0) is 18.9 Å². The summed E-state index contributed by atoms with van der Waals surface area (Å²) in [6.45, 7) is 3.02. The lowest BCUT2D eigenvalue weighted by Gasteiger charge is -2.06. The van der Waals surface area contributed by atoms with Crippen LogP contribution in [0.3, 0.4) is 0 Å². The first-order chi connectivity index (χ1) is 9.17. The van der Waals surface area contributed by atoms with Crippen molar-refractivity contribution in [1.29, 1.82) is 0 Å². The SMILES string of the molecule is CCOc1nc(N)nc(NCCc2cnn(C)c2)n1. The van der Waals surface area contributed by atoms with E-state index >= 15 is 0 Å². The van der Waals surface area contributed by atoms with Crippen LogP contribution in [-0.4, -0.2) is 37.9 Å². The van der Waals surface area contributed by atoms with Gasteiger partial charge in [0, 0.05) is 19.8 Å². The Morgan fingerprint density at radius 3 is 2.89 bits per heavy atom. The minimum absolute atomic E-state index is 0.141. The summed E-state index contributed by atoms with van der Waals surface area (Å²) in [5, 5.41) is 7.19. The van der Waals surface area contributed by atoms with E-state index in [1.54, 1.807) is 4.68 Å². The number of aryl methyl sites for hydroxylation is 1. The van der Waals surface area contributed by atoms with E-state index in [9.17, 15) is 0 Å². The topological polar surface area (TPSA) is 104 Å². The largest absolute Gasteiger partial charge is 0.464 e. The second kappa shape index (κ2) is 5.98. The highest BCUT2D eigenvalue weighted by Gasteiger charge is 2.04. The zero-order valence-electron chi connectivity index (χ0n) is 11.0. The molecule has 0 saturated carbocycles. The van der Waals surface area contributed by atoms with Gasteiger partial charge in [-0.3, -0.25) is 4.68 Å². The fourth-order valence-electron chi connectivity index (χ4n) is 1.56. The Bertz CT molecular complexity index is 540. The quantitative estimate of drug-likeness (QED) is 0.769. The average molecular weight is 263 g/mol. The smallest absolute Gasteiger partial charge is 0.323 e. The maximum Gasteiger partial charge on any atom is 0.323 e. The summed E-state index contributed by atoms with van der Waals surface area (Å²) in [7, 11) is 1.89. The van der Waals surface area contributed by atoms with Gasteiger partial charge in [0.1, 0.15) is 0 Å².